The molecule has 0 spiro atoms. The standard InChI is InChI=1S/C22H23N5O5/c1-3-25(4-2)22(29)17-14-23-26(16-10-6-5-7-11-16)21(17)24-20(28)15-32-19-13-9-8-12-18(19)27(30)31/h5-14H,3-4,15H2,1-2H3,(H,24,28). The molecule has 0 unspecified atom stereocenters. The van der Waals surface area contributed by atoms with Gasteiger partial charge in [-0.25, -0.2) is 4.68 Å². The van der Waals surface area contributed by atoms with Crippen LogP contribution in [0.25, 0.3) is 5.69 Å². The van der Waals surface area contributed by atoms with Gasteiger partial charge in [-0.05, 0) is 32.0 Å². The molecule has 2 amide bonds. The number of carbonyl (C=O) groups is 2. The average molecular weight is 437 g/mol. The Morgan fingerprint density at radius 2 is 1.75 bits per heavy atom. The largest absolute Gasteiger partial charge is 0.477 e. The smallest absolute Gasteiger partial charge is 0.310 e. The van der Waals surface area contributed by atoms with Crippen LogP contribution in [0.3, 0.4) is 0 Å². The number of rotatable bonds is 9. The van der Waals surface area contributed by atoms with Crippen molar-refractivity contribution in [3.63, 3.8) is 0 Å². The van der Waals surface area contributed by atoms with E-state index in [2.05, 4.69) is 10.4 Å². The van der Waals surface area contributed by atoms with Gasteiger partial charge in [-0.2, -0.15) is 5.10 Å². The number of ether oxygens (including phenoxy) is 1. The lowest BCUT2D eigenvalue weighted by atomic mass is 10.2. The second-order valence-corrected chi connectivity index (χ2v) is 6.69. The van der Waals surface area contributed by atoms with E-state index < -0.39 is 17.4 Å². The number of nitro benzene ring substituents is 1. The van der Waals surface area contributed by atoms with E-state index in [4.69, 9.17) is 4.74 Å². The summed E-state index contributed by atoms with van der Waals surface area (Å²) in [6, 6.07) is 14.8. The Morgan fingerprint density at radius 3 is 2.41 bits per heavy atom. The van der Waals surface area contributed by atoms with Crippen LogP contribution in [0.4, 0.5) is 11.5 Å². The summed E-state index contributed by atoms with van der Waals surface area (Å²) >= 11 is 0. The van der Waals surface area contributed by atoms with E-state index in [0.717, 1.165) is 0 Å². The van der Waals surface area contributed by atoms with Gasteiger partial charge in [0.15, 0.2) is 12.4 Å². The number of aromatic nitrogens is 2. The number of hydrogen-bond donors (Lipinski definition) is 1. The second-order valence-electron chi connectivity index (χ2n) is 6.69. The van der Waals surface area contributed by atoms with Crippen molar-refractivity contribution >= 4 is 23.3 Å². The molecule has 0 aliphatic heterocycles. The molecule has 0 aliphatic rings. The van der Waals surface area contributed by atoms with Crippen LogP contribution in [0.5, 0.6) is 5.75 Å². The fraction of sp³-hybridized carbons (Fsp3) is 0.227. The zero-order valence-corrected chi connectivity index (χ0v) is 17.7. The fourth-order valence-electron chi connectivity index (χ4n) is 3.11. The lowest BCUT2D eigenvalue weighted by Gasteiger charge is -2.19. The van der Waals surface area contributed by atoms with Crippen LogP contribution >= 0.6 is 0 Å². The predicted octanol–water partition coefficient (Wildman–Crippen LogP) is 3.28. The molecule has 0 saturated carbocycles. The maximum absolute atomic E-state index is 13.0. The maximum atomic E-state index is 13.0. The molecule has 1 aromatic heterocycles. The number of amides is 2. The lowest BCUT2D eigenvalue weighted by Crippen LogP contribution is -2.31. The number of nitrogens with one attached hydrogen (secondary N) is 1. The number of carbonyl (C=O) groups excluding carboxylic acids is 2. The van der Waals surface area contributed by atoms with Crippen LogP contribution in [0, 0.1) is 10.1 Å². The third-order valence-electron chi connectivity index (χ3n) is 4.73. The Hall–Kier alpha value is -4.21. The van der Waals surface area contributed by atoms with Gasteiger partial charge in [0, 0.05) is 19.2 Å². The topological polar surface area (TPSA) is 120 Å². The number of nitro groups is 1. The van der Waals surface area contributed by atoms with E-state index in [-0.39, 0.29) is 28.7 Å². The van der Waals surface area contributed by atoms with Gasteiger partial charge in [-0.3, -0.25) is 19.7 Å². The van der Waals surface area contributed by atoms with Crippen molar-refractivity contribution in [3.8, 4) is 11.4 Å². The van der Waals surface area contributed by atoms with E-state index >= 15 is 0 Å². The van der Waals surface area contributed by atoms with E-state index in [1.54, 1.807) is 23.1 Å². The molecular formula is C22H23N5O5. The van der Waals surface area contributed by atoms with Gasteiger partial charge >= 0.3 is 5.69 Å². The van der Waals surface area contributed by atoms with Crippen molar-refractivity contribution in [3.05, 3.63) is 76.5 Å². The molecule has 10 nitrogen and oxygen atoms in total. The molecule has 0 fully saturated rings. The summed E-state index contributed by atoms with van der Waals surface area (Å²) in [5, 5.41) is 18.1. The lowest BCUT2D eigenvalue weighted by molar-refractivity contribution is -0.385. The minimum Gasteiger partial charge on any atom is -0.477 e. The molecule has 32 heavy (non-hydrogen) atoms. The second kappa shape index (κ2) is 10.2. The third kappa shape index (κ3) is 4.91. The third-order valence-corrected chi connectivity index (χ3v) is 4.73. The minimum absolute atomic E-state index is 0.0244. The van der Waals surface area contributed by atoms with Gasteiger partial charge in [0.05, 0.1) is 16.8 Å². The van der Waals surface area contributed by atoms with Crippen molar-refractivity contribution in [1.82, 2.24) is 14.7 Å². The number of benzene rings is 2. The van der Waals surface area contributed by atoms with Crippen LogP contribution < -0.4 is 10.1 Å². The van der Waals surface area contributed by atoms with Crippen LogP contribution in [0.1, 0.15) is 24.2 Å². The molecule has 0 radical (unpaired) electrons. The molecule has 3 rings (SSSR count). The Bertz CT molecular complexity index is 1110. The van der Waals surface area contributed by atoms with Gasteiger partial charge in [0.2, 0.25) is 0 Å². The molecule has 2 aromatic carbocycles. The molecule has 0 aliphatic carbocycles. The highest BCUT2D eigenvalue weighted by atomic mass is 16.6. The highest BCUT2D eigenvalue weighted by Gasteiger charge is 2.24. The summed E-state index contributed by atoms with van der Waals surface area (Å²) in [5.41, 5.74) is 0.643. The van der Waals surface area contributed by atoms with Crippen LogP contribution in [-0.4, -0.2) is 51.1 Å². The molecule has 3 aromatic rings. The van der Waals surface area contributed by atoms with Gasteiger partial charge < -0.3 is 15.0 Å². The average Bonchev–Trinajstić information content (AvgIpc) is 3.22. The van der Waals surface area contributed by atoms with E-state index in [1.807, 2.05) is 32.0 Å². The molecule has 0 saturated heterocycles. The SMILES string of the molecule is CCN(CC)C(=O)c1cnn(-c2ccccc2)c1NC(=O)COc1ccccc1[N+](=O)[O-]. The van der Waals surface area contributed by atoms with Gasteiger partial charge in [-0.15, -0.1) is 0 Å². The zero-order chi connectivity index (χ0) is 23.1. The summed E-state index contributed by atoms with van der Waals surface area (Å²) in [7, 11) is 0. The fourth-order valence-corrected chi connectivity index (χ4v) is 3.11. The first kappa shape index (κ1) is 22.5. The highest BCUT2D eigenvalue weighted by molar-refractivity contribution is 6.03. The van der Waals surface area contributed by atoms with Crippen molar-refractivity contribution in [2.24, 2.45) is 0 Å². The van der Waals surface area contributed by atoms with E-state index in [9.17, 15) is 19.7 Å². The number of nitrogens with zero attached hydrogens (tertiary/aromatic N) is 4. The van der Waals surface area contributed by atoms with E-state index in [1.165, 1.54) is 29.1 Å². The Kier molecular flexibility index (Phi) is 7.17. The first-order chi connectivity index (χ1) is 15.5. The molecule has 1 heterocycles. The van der Waals surface area contributed by atoms with Crippen molar-refractivity contribution < 1.29 is 19.2 Å². The summed E-state index contributed by atoms with van der Waals surface area (Å²) in [6.07, 6.45) is 1.41. The molecular weight excluding hydrogens is 414 g/mol. The molecule has 0 atom stereocenters. The monoisotopic (exact) mass is 437 g/mol. The van der Waals surface area contributed by atoms with Crippen LogP contribution in [-0.2, 0) is 4.79 Å². The quantitative estimate of drug-likeness (QED) is 0.405. The van der Waals surface area contributed by atoms with Crippen molar-refractivity contribution in [2.75, 3.05) is 25.0 Å². The number of hydrogen-bond acceptors (Lipinski definition) is 6. The van der Waals surface area contributed by atoms with Gasteiger partial charge in [0.1, 0.15) is 11.4 Å². The molecule has 10 heteroatoms. The molecule has 166 valence electrons. The summed E-state index contributed by atoms with van der Waals surface area (Å²) in [4.78, 5) is 37.8. The maximum Gasteiger partial charge on any atom is 0.310 e. The minimum atomic E-state index is -0.588. The summed E-state index contributed by atoms with van der Waals surface area (Å²) in [6.45, 7) is 4.24. The van der Waals surface area contributed by atoms with Gasteiger partial charge in [0.25, 0.3) is 11.8 Å². The van der Waals surface area contributed by atoms with Crippen molar-refractivity contribution in [1.29, 1.82) is 0 Å². The van der Waals surface area contributed by atoms with Gasteiger partial charge in [-0.1, -0.05) is 30.3 Å². The molecule has 1 N–H and O–H groups in total. The zero-order valence-electron chi connectivity index (χ0n) is 17.7. The van der Waals surface area contributed by atoms with Crippen LogP contribution in [0.2, 0.25) is 0 Å². The Balaban J connectivity index is 1.87. The number of para-hydroxylation sites is 3. The Labute approximate surface area is 184 Å². The summed E-state index contributed by atoms with van der Waals surface area (Å²) in [5.74, 6) is -0.686. The summed E-state index contributed by atoms with van der Waals surface area (Å²) < 4.78 is 6.82. The number of anilines is 1. The highest BCUT2D eigenvalue weighted by Crippen LogP contribution is 2.26. The van der Waals surface area contributed by atoms with E-state index in [0.29, 0.717) is 18.8 Å². The normalized spacial score (nSPS) is 10.4. The van der Waals surface area contributed by atoms with Crippen LogP contribution in [0.15, 0.2) is 60.8 Å². The van der Waals surface area contributed by atoms with Crippen molar-refractivity contribution in [2.45, 2.75) is 13.8 Å². The molecule has 0 bridgehead atoms. The Morgan fingerprint density at radius 1 is 1.09 bits per heavy atom. The first-order valence-electron chi connectivity index (χ1n) is 10.0. The predicted molar refractivity (Wildman–Crippen MR) is 118 cm³/mol. The first-order valence-corrected chi connectivity index (χ1v) is 10.0.